The summed E-state index contributed by atoms with van der Waals surface area (Å²) in [5.41, 5.74) is 1.01. The summed E-state index contributed by atoms with van der Waals surface area (Å²) in [6.45, 7) is 3.03. The van der Waals surface area contributed by atoms with Gasteiger partial charge in [0, 0.05) is 29.8 Å². The van der Waals surface area contributed by atoms with Crippen molar-refractivity contribution < 1.29 is 9.13 Å². The van der Waals surface area contributed by atoms with Gasteiger partial charge in [0.15, 0.2) is 0 Å². The molecule has 0 bridgehead atoms. The number of rotatable bonds is 2. The van der Waals surface area contributed by atoms with E-state index in [1.54, 1.807) is 0 Å². The lowest BCUT2D eigenvalue weighted by Crippen LogP contribution is -2.44. The van der Waals surface area contributed by atoms with Crippen molar-refractivity contribution in [1.29, 1.82) is 0 Å². The average molecular weight is 267 g/mol. The lowest BCUT2D eigenvalue weighted by Gasteiger charge is -2.39. The first-order valence-corrected chi connectivity index (χ1v) is 7.67. The van der Waals surface area contributed by atoms with Crippen LogP contribution < -0.4 is 10.1 Å². The van der Waals surface area contributed by atoms with Crippen molar-refractivity contribution in [3.05, 3.63) is 29.6 Å². The van der Waals surface area contributed by atoms with Gasteiger partial charge in [0.25, 0.3) is 0 Å². The topological polar surface area (TPSA) is 21.3 Å². The smallest absolute Gasteiger partial charge is 0.127 e. The minimum Gasteiger partial charge on any atom is -0.486 e. The van der Waals surface area contributed by atoms with Gasteiger partial charge < -0.3 is 10.1 Å². The van der Waals surface area contributed by atoms with Crippen molar-refractivity contribution in [2.24, 2.45) is 0 Å². The van der Waals surface area contributed by atoms with Gasteiger partial charge in [0.1, 0.15) is 17.2 Å². The quantitative estimate of drug-likeness (QED) is 0.889. The van der Waals surface area contributed by atoms with Crippen LogP contribution in [0.15, 0.2) is 18.2 Å². The Morgan fingerprint density at radius 3 is 3.17 bits per heavy atom. The van der Waals surface area contributed by atoms with Gasteiger partial charge in [-0.25, -0.2) is 4.39 Å². The predicted molar refractivity (Wildman–Crippen MR) is 72.7 cm³/mol. The minimum absolute atomic E-state index is 0.0850. The number of thioether (sulfide) groups is 1. The maximum atomic E-state index is 13.4. The Morgan fingerprint density at radius 2 is 2.44 bits per heavy atom. The normalized spacial score (nSPS) is 30.2. The Hall–Kier alpha value is -0.740. The summed E-state index contributed by atoms with van der Waals surface area (Å²) in [5, 5.41) is 3.50. The molecule has 2 aliphatic heterocycles. The van der Waals surface area contributed by atoms with E-state index in [2.05, 4.69) is 12.2 Å². The highest BCUT2D eigenvalue weighted by atomic mass is 32.2. The highest BCUT2D eigenvalue weighted by molar-refractivity contribution is 7.99. The van der Waals surface area contributed by atoms with Crippen LogP contribution in [0.1, 0.15) is 31.4 Å². The van der Waals surface area contributed by atoms with E-state index in [4.69, 9.17) is 4.74 Å². The van der Waals surface area contributed by atoms with Crippen LogP contribution in [0, 0.1) is 5.82 Å². The van der Waals surface area contributed by atoms with Crippen molar-refractivity contribution in [3.8, 4) is 5.75 Å². The summed E-state index contributed by atoms with van der Waals surface area (Å²) < 4.78 is 19.5. The van der Waals surface area contributed by atoms with Crippen LogP contribution in [0.2, 0.25) is 0 Å². The van der Waals surface area contributed by atoms with E-state index in [-0.39, 0.29) is 17.5 Å². The van der Waals surface area contributed by atoms with E-state index in [0.29, 0.717) is 0 Å². The van der Waals surface area contributed by atoms with Crippen molar-refractivity contribution in [3.63, 3.8) is 0 Å². The highest BCUT2D eigenvalue weighted by Crippen LogP contribution is 2.45. The molecule has 2 aliphatic rings. The van der Waals surface area contributed by atoms with E-state index in [1.807, 2.05) is 17.8 Å². The molecule has 2 unspecified atom stereocenters. The van der Waals surface area contributed by atoms with Crippen LogP contribution in [0.4, 0.5) is 4.39 Å². The van der Waals surface area contributed by atoms with E-state index in [9.17, 15) is 4.39 Å². The summed E-state index contributed by atoms with van der Waals surface area (Å²) in [6.07, 6.45) is 2.06. The first-order chi connectivity index (χ1) is 8.72. The van der Waals surface area contributed by atoms with Crippen molar-refractivity contribution in [2.45, 2.75) is 31.4 Å². The van der Waals surface area contributed by atoms with Gasteiger partial charge in [-0.15, -0.1) is 0 Å². The van der Waals surface area contributed by atoms with Crippen molar-refractivity contribution >= 4 is 11.8 Å². The Balaban J connectivity index is 1.97. The van der Waals surface area contributed by atoms with E-state index in [1.165, 1.54) is 12.1 Å². The largest absolute Gasteiger partial charge is 0.486 e. The Morgan fingerprint density at radius 1 is 1.56 bits per heavy atom. The SMILES string of the molecule is CCNC1CC2(CCSC2)Oc2cc(F)ccc21. The number of fused-ring (bicyclic) bond motifs is 1. The van der Waals surface area contributed by atoms with Crippen LogP contribution in [0.25, 0.3) is 0 Å². The monoisotopic (exact) mass is 267 g/mol. The molecule has 3 rings (SSSR count). The van der Waals surface area contributed by atoms with Gasteiger partial charge in [-0.1, -0.05) is 13.0 Å². The Labute approximate surface area is 111 Å². The van der Waals surface area contributed by atoms with Crippen molar-refractivity contribution in [1.82, 2.24) is 5.32 Å². The molecule has 1 aromatic rings. The van der Waals surface area contributed by atoms with Crippen LogP contribution in [0.5, 0.6) is 5.75 Å². The molecule has 1 fully saturated rings. The van der Waals surface area contributed by atoms with E-state index in [0.717, 1.165) is 42.2 Å². The predicted octanol–water partition coefficient (Wildman–Crippen LogP) is 3.13. The van der Waals surface area contributed by atoms with Crippen LogP contribution in [0.3, 0.4) is 0 Å². The fraction of sp³-hybridized carbons (Fsp3) is 0.571. The molecule has 0 radical (unpaired) electrons. The summed E-state index contributed by atoms with van der Waals surface area (Å²) in [5.74, 6) is 2.68. The molecule has 1 N–H and O–H groups in total. The van der Waals surface area contributed by atoms with Gasteiger partial charge in [-0.05, 0) is 24.8 Å². The summed E-state index contributed by atoms with van der Waals surface area (Å²) in [7, 11) is 0. The number of halogens is 1. The Kier molecular flexibility index (Phi) is 3.24. The third-order valence-corrected chi connectivity index (χ3v) is 4.99. The lowest BCUT2D eigenvalue weighted by atomic mass is 9.86. The van der Waals surface area contributed by atoms with E-state index >= 15 is 0 Å². The first-order valence-electron chi connectivity index (χ1n) is 6.52. The number of nitrogens with one attached hydrogen (secondary N) is 1. The van der Waals surface area contributed by atoms with Gasteiger partial charge in [-0.3, -0.25) is 0 Å². The summed E-state index contributed by atoms with van der Waals surface area (Å²) in [4.78, 5) is 0. The second kappa shape index (κ2) is 4.74. The molecule has 2 heterocycles. The van der Waals surface area contributed by atoms with Crippen LogP contribution in [-0.2, 0) is 0 Å². The van der Waals surface area contributed by atoms with Crippen LogP contribution in [-0.4, -0.2) is 23.7 Å². The second-order valence-electron chi connectivity index (χ2n) is 5.08. The highest BCUT2D eigenvalue weighted by Gasteiger charge is 2.43. The number of benzene rings is 1. The number of hydrogen-bond acceptors (Lipinski definition) is 3. The van der Waals surface area contributed by atoms with Gasteiger partial charge in [-0.2, -0.15) is 11.8 Å². The zero-order chi connectivity index (χ0) is 12.6. The average Bonchev–Trinajstić information content (AvgIpc) is 2.77. The van der Waals surface area contributed by atoms with Crippen LogP contribution >= 0.6 is 11.8 Å². The van der Waals surface area contributed by atoms with Crippen molar-refractivity contribution in [2.75, 3.05) is 18.1 Å². The number of ether oxygens (including phenoxy) is 1. The zero-order valence-corrected chi connectivity index (χ0v) is 11.4. The third kappa shape index (κ3) is 2.12. The standard InChI is InChI=1S/C14H18FNOS/c1-2-16-12-8-14(5-6-18-9-14)17-13-7-10(15)3-4-11(12)13/h3-4,7,12,16H,2,5-6,8-9H2,1H3. The fourth-order valence-electron chi connectivity index (χ4n) is 2.90. The zero-order valence-electron chi connectivity index (χ0n) is 10.5. The van der Waals surface area contributed by atoms with E-state index < -0.39 is 0 Å². The molecule has 2 nitrogen and oxygen atoms in total. The minimum atomic E-state index is -0.216. The number of hydrogen-bond donors (Lipinski definition) is 1. The lowest BCUT2D eigenvalue weighted by molar-refractivity contribution is 0.0551. The molecule has 0 aromatic heterocycles. The molecule has 0 amide bonds. The molecular formula is C14H18FNOS. The summed E-state index contributed by atoms with van der Waals surface area (Å²) in [6, 6.07) is 5.20. The molecule has 1 spiro atoms. The summed E-state index contributed by atoms with van der Waals surface area (Å²) >= 11 is 1.93. The second-order valence-corrected chi connectivity index (χ2v) is 6.19. The van der Waals surface area contributed by atoms with Gasteiger partial charge in [0.2, 0.25) is 0 Å². The van der Waals surface area contributed by atoms with Gasteiger partial charge >= 0.3 is 0 Å². The maximum absolute atomic E-state index is 13.4. The molecule has 0 saturated carbocycles. The van der Waals surface area contributed by atoms with Gasteiger partial charge in [0.05, 0.1) is 0 Å². The molecule has 18 heavy (non-hydrogen) atoms. The molecule has 4 heteroatoms. The first kappa shape index (κ1) is 12.3. The fourth-order valence-corrected chi connectivity index (χ4v) is 4.25. The molecule has 98 valence electrons. The molecule has 1 aromatic carbocycles. The molecule has 0 aliphatic carbocycles. The Bertz CT molecular complexity index is 445. The third-order valence-electron chi connectivity index (χ3n) is 3.77. The molecule has 2 atom stereocenters. The molecule has 1 saturated heterocycles. The maximum Gasteiger partial charge on any atom is 0.127 e. The molecular weight excluding hydrogens is 249 g/mol.